The van der Waals surface area contributed by atoms with Crippen molar-refractivity contribution < 1.29 is 19.1 Å². The molecule has 0 spiro atoms. The zero-order chi connectivity index (χ0) is 18.9. The average Bonchev–Trinajstić information content (AvgIpc) is 2.63. The van der Waals surface area contributed by atoms with Crippen LogP contribution in [0.3, 0.4) is 0 Å². The predicted molar refractivity (Wildman–Crippen MR) is 103 cm³/mol. The van der Waals surface area contributed by atoms with Crippen LogP contribution in [-0.4, -0.2) is 31.7 Å². The van der Waals surface area contributed by atoms with Crippen LogP contribution in [0.2, 0.25) is 0 Å². The van der Waals surface area contributed by atoms with E-state index in [-0.39, 0.29) is 0 Å². The van der Waals surface area contributed by atoms with Crippen LogP contribution in [0.4, 0.5) is 5.69 Å². The van der Waals surface area contributed by atoms with E-state index in [4.69, 9.17) is 9.47 Å². The number of hydrazone groups is 1. The molecule has 8 heteroatoms. The summed E-state index contributed by atoms with van der Waals surface area (Å²) in [4.78, 5) is 23.7. The number of anilines is 1. The van der Waals surface area contributed by atoms with Gasteiger partial charge in [-0.2, -0.15) is 5.10 Å². The summed E-state index contributed by atoms with van der Waals surface area (Å²) in [7, 11) is 1.53. The van der Waals surface area contributed by atoms with Gasteiger partial charge in [-0.05, 0) is 49.4 Å². The smallest absolute Gasteiger partial charge is 0.329 e. The van der Waals surface area contributed by atoms with Crippen molar-refractivity contribution in [3.8, 4) is 11.5 Å². The molecule has 0 radical (unpaired) electrons. The number of carbonyl (C=O) groups is 2. The minimum absolute atomic E-state index is 0.478. The van der Waals surface area contributed by atoms with Gasteiger partial charge in [-0.3, -0.25) is 9.59 Å². The van der Waals surface area contributed by atoms with Crippen LogP contribution < -0.4 is 20.2 Å². The lowest BCUT2D eigenvalue weighted by Gasteiger charge is -2.06. The van der Waals surface area contributed by atoms with Crippen molar-refractivity contribution in [1.82, 2.24) is 5.43 Å². The number of nitrogens with zero attached hydrogens (tertiary/aromatic N) is 1. The van der Waals surface area contributed by atoms with E-state index < -0.39 is 11.8 Å². The topological polar surface area (TPSA) is 89.0 Å². The van der Waals surface area contributed by atoms with Crippen molar-refractivity contribution in [2.75, 3.05) is 19.0 Å². The molecule has 0 aromatic heterocycles. The molecule has 0 heterocycles. The molecule has 0 aliphatic heterocycles. The Labute approximate surface area is 159 Å². The van der Waals surface area contributed by atoms with E-state index in [1.807, 2.05) is 13.0 Å². The third kappa shape index (κ3) is 5.59. The highest BCUT2D eigenvalue weighted by atomic mass is 79.9. The number of carbonyl (C=O) groups excluding carboxylic acids is 2. The summed E-state index contributed by atoms with van der Waals surface area (Å²) in [6.45, 7) is 2.43. The third-order valence-electron chi connectivity index (χ3n) is 3.19. The van der Waals surface area contributed by atoms with Crippen molar-refractivity contribution in [2.45, 2.75) is 6.92 Å². The van der Waals surface area contributed by atoms with Crippen molar-refractivity contribution in [3.05, 3.63) is 52.5 Å². The van der Waals surface area contributed by atoms with Crippen molar-refractivity contribution >= 4 is 39.6 Å². The Morgan fingerprint density at radius 3 is 2.54 bits per heavy atom. The lowest BCUT2D eigenvalue weighted by atomic mass is 10.2. The highest BCUT2D eigenvalue weighted by molar-refractivity contribution is 9.10. The van der Waals surface area contributed by atoms with E-state index in [1.54, 1.807) is 36.4 Å². The third-order valence-corrected chi connectivity index (χ3v) is 3.68. The van der Waals surface area contributed by atoms with E-state index in [0.717, 1.165) is 4.47 Å². The van der Waals surface area contributed by atoms with Gasteiger partial charge in [-0.25, -0.2) is 5.43 Å². The van der Waals surface area contributed by atoms with Crippen LogP contribution in [-0.2, 0) is 9.59 Å². The molecule has 0 aliphatic rings. The van der Waals surface area contributed by atoms with E-state index in [2.05, 4.69) is 31.8 Å². The molecule has 2 aromatic carbocycles. The van der Waals surface area contributed by atoms with Gasteiger partial charge in [0.15, 0.2) is 0 Å². The Hall–Kier alpha value is -2.87. The van der Waals surface area contributed by atoms with Crippen molar-refractivity contribution in [1.29, 1.82) is 0 Å². The van der Waals surface area contributed by atoms with Crippen LogP contribution in [0.25, 0.3) is 0 Å². The molecule has 0 bridgehead atoms. The summed E-state index contributed by atoms with van der Waals surface area (Å²) in [5.74, 6) is -0.441. The normalized spacial score (nSPS) is 10.4. The molecule has 2 amide bonds. The number of hydrogen-bond donors (Lipinski definition) is 2. The largest absolute Gasteiger partial charge is 0.496 e. The Balaban J connectivity index is 1.93. The molecular weight excluding hydrogens is 402 g/mol. The molecule has 2 rings (SSSR count). The standard InChI is InChI=1S/C18H18BrN3O4/c1-3-26-15-7-5-14(6-8-15)21-17(23)18(24)22-20-11-12-10-13(19)4-9-16(12)25-2/h4-11H,3H2,1-2H3,(H,21,23)(H,22,24)/b20-11-. The first-order valence-electron chi connectivity index (χ1n) is 7.74. The maximum atomic E-state index is 11.9. The number of amides is 2. The molecule has 7 nitrogen and oxygen atoms in total. The van der Waals surface area contributed by atoms with Crippen LogP contribution in [0, 0.1) is 0 Å². The predicted octanol–water partition coefficient (Wildman–Crippen LogP) is 2.95. The van der Waals surface area contributed by atoms with E-state index in [1.165, 1.54) is 13.3 Å². The van der Waals surface area contributed by atoms with E-state index in [0.29, 0.717) is 29.4 Å². The summed E-state index contributed by atoms with van der Waals surface area (Å²) in [6.07, 6.45) is 1.39. The van der Waals surface area contributed by atoms with Crippen LogP contribution in [0.15, 0.2) is 52.0 Å². The minimum atomic E-state index is -0.885. The Kier molecular flexibility index (Phi) is 7.16. The molecular formula is C18H18BrN3O4. The minimum Gasteiger partial charge on any atom is -0.496 e. The molecule has 0 saturated carbocycles. The van der Waals surface area contributed by atoms with Crippen LogP contribution >= 0.6 is 15.9 Å². The second-order valence-electron chi connectivity index (χ2n) is 5.00. The van der Waals surface area contributed by atoms with Crippen molar-refractivity contribution in [2.24, 2.45) is 5.10 Å². The monoisotopic (exact) mass is 419 g/mol. The van der Waals surface area contributed by atoms with Gasteiger partial charge in [0.05, 0.1) is 19.9 Å². The number of ether oxygens (including phenoxy) is 2. The fourth-order valence-corrected chi connectivity index (χ4v) is 2.39. The second kappa shape index (κ2) is 9.57. The maximum absolute atomic E-state index is 11.9. The van der Waals surface area contributed by atoms with Gasteiger partial charge in [0, 0.05) is 15.7 Å². The SMILES string of the molecule is CCOc1ccc(NC(=O)C(=O)N/N=C\c2cc(Br)ccc2OC)cc1. The van der Waals surface area contributed by atoms with E-state index in [9.17, 15) is 9.59 Å². The first kappa shape index (κ1) is 19.5. The highest BCUT2D eigenvalue weighted by Crippen LogP contribution is 2.21. The lowest BCUT2D eigenvalue weighted by molar-refractivity contribution is -0.136. The molecule has 2 N–H and O–H groups in total. The molecule has 26 heavy (non-hydrogen) atoms. The fourth-order valence-electron chi connectivity index (χ4n) is 2.01. The number of halogens is 1. The molecule has 0 saturated heterocycles. The number of benzene rings is 2. The summed E-state index contributed by atoms with van der Waals surface area (Å²) in [5.41, 5.74) is 3.30. The van der Waals surface area contributed by atoms with Gasteiger partial charge in [0.1, 0.15) is 11.5 Å². The van der Waals surface area contributed by atoms with Gasteiger partial charge in [-0.15, -0.1) is 0 Å². The van der Waals surface area contributed by atoms with Gasteiger partial charge >= 0.3 is 11.8 Å². The zero-order valence-corrected chi connectivity index (χ0v) is 15.9. The summed E-state index contributed by atoms with van der Waals surface area (Å²) >= 11 is 3.34. The summed E-state index contributed by atoms with van der Waals surface area (Å²) < 4.78 is 11.3. The number of hydrogen-bond acceptors (Lipinski definition) is 5. The number of methoxy groups -OCH3 is 1. The van der Waals surface area contributed by atoms with Crippen molar-refractivity contribution in [3.63, 3.8) is 0 Å². The fraction of sp³-hybridized carbons (Fsp3) is 0.167. The zero-order valence-electron chi connectivity index (χ0n) is 14.3. The highest BCUT2D eigenvalue weighted by Gasteiger charge is 2.13. The number of nitrogens with one attached hydrogen (secondary N) is 2. The Morgan fingerprint density at radius 1 is 1.15 bits per heavy atom. The van der Waals surface area contributed by atoms with Gasteiger partial charge in [0.2, 0.25) is 0 Å². The quantitative estimate of drug-likeness (QED) is 0.427. The van der Waals surface area contributed by atoms with E-state index >= 15 is 0 Å². The lowest BCUT2D eigenvalue weighted by Crippen LogP contribution is -2.32. The second-order valence-corrected chi connectivity index (χ2v) is 5.91. The molecule has 2 aromatic rings. The summed E-state index contributed by atoms with van der Waals surface area (Å²) in [6, 6.07) is 12.0. The Morgan fingerprint density at radius 2 is 1.88 bits per heavy atom. The molecule has 136 valence electrons. The number of rotatable bonds is 6. The van der Waals surface area contributed by atoms with Gasteiger partial charge in [0.25, 0.3) is 0 Å². The Bertz CT molecular complexity index is 807. The summed E-state index contributed by atoms with van der Waals surface area (Å²) in [5, 5.41) is 6.26. The molecule has 0 aliphatic carbocycles. The van der Waals surface area contributed by atoms with Crippen LogP contribution in [0.5, 0.6) is 11.5 Å². The van der Waals surface area contributed by atoms with Crippen LogP contribution in [0.1, 0.15) is 12.5 Å². The first-order chi connectivity index (χ1) is 12.5. The van der Waals surface area contributed by atoms with Gasteiger partial charge in [-0.1, -0.05) is 15.9 Å². The molecule has 0 unspecified atom stereocenters. The maximum Gasteiger partial charge on any atom is 0.329 e. The first-order valence-corrected chi connectivity index (χ1v) is 8.53. The average molecular weight is 420 g/mol. The van der Waals surface area contributed by atoms with Gasteiger partial charge < -0.3 is 14.8 Å². The molecule has 0 atom stereocenters. The molecule has 0 fully saturated rings.